The van der Waals surface area contributed by atoms with Crippen LogP contribution in [0.2, 0.25) is 0 Å². The number of carbonyl (C=O) groups is 1. The molecule has 3 rings (SSSR count). The van der Waals surface area contributed by atoms with E-state index in [1.54, 1.807) is 28.8 Å². The monoisotopic (exact) mass is 303 g/mol. The van der Waals surface area contributed by atoms with Gasteiger partial charge in [0.25, 0.3) is 0 Å². The molecule has 0 fully saturated rings. The van der Waals surface area contributed by atoms with Crippen molar-refractivity contribution < 1.29 is 4.79 Å². The molecule has 2 heterocycles. The van der Waals surface area contributed by atoms with E-state index in [-0.39, 0.29) is 5.78 Å². The van der Waals surface area contributed by atoms with Crippen LogP contribution in [0.3, 0.4) is 0 Å². The highest BCUT2D eigenvalue weighted by atomic mass is 16.1. The second kappa shape index (κ2) is 6.45. The van der Waals surface area contributed by atoms with Gasteiger partial charge in [-0.3, -0.25) is 4.79 Å². The average molecular weight is 303 g/mol. The number of aromatic nitrogens is 2. The third kappa shape index (κ3) is 2.86. The molecule has 0 atom stereocenters. The minimum Gasteiger partial charge on any atom is -0.288 e. The molecule has 0 saturated carbocycles. The maximum absolute atomic E-state index is 13.0. The Balaban J connectivity index is 2.08. The smallest absolute Gasteiger partial charge is 0.197 e. The molecular weight excluding hydrogens is 286 g/mol. The van der Waals surface area contributed by atoms with Crippen molar-refractivity contribution in [3.05, 3.63) is 71.0 Å². The van der Waals surface area contributed by atoms with E-state index in [1.165, 1.54) is 0 Å². The highest BCUT2D eigenvalue weighted by Gasteiger charge is 2.20. The first-order chi connectivity index (χ1) is 11.2. The number of fused-ring (bicyclic) bond motifs is 1. The fourth-order valence-corrected chi connectivity index (χ4v) is 2.65. The molecule has 0 aliphatic carbocycles. The van der Waals surface area contributed by atoms with Crippen LogP contribution in [-0.2, 0) is 6.42 Å². The van der Waals surface area contributed by atoms with Crippen LogP contribution in [0.1, 0.15) is 46.9 Å². The lowest BCUT2D eigenvalue weighted by atomic mass is 9.99. The van der Waals surface area contributed by atoms with Gasteiger partial charge < -0.3 is 0 Å². The summed E-state index contributed by atoms with van der Waals surface area (Å²) in [5, 5.41) is 13.5. The van der Waals surface area contributed by atoms with Gasteiger partial charge in [0, 0.05) is 11.8 Å². The largest absolute Gasteiger partial charge is 0.288 e. The molecule has 4 nitrogen and oxygen atoms in total. The van der Waals surface area contributed by atoms with Gasteiger partial charge >= 0.3 is 0 Å². The molecule has 1 aromatic carbocycles. The molecule has 0 bridgehead atoms. The van der Waals surface area contributed by atoms with E-state index in [4.69, 9.17) is 5.26 Å². The van der Waals surface area contributed by atoms with Crippen molar-refractivity contribution in [2.75, 3.05) is 0 Å². The maximum atomic E-state index is 13.0. The molecule has 2 aromatic heterocycles. The number of ketones is 1. The third-order valence-corrected chi connectivity index (χ3v) is 3.88. The highest BCUT2D eigenvalue weighted by Crippen LogP contribution is 2.22. The standard InChI is InChI=1S/C19H17N3O/c1-2-3-6-16-18(17-7-4-5-12-22(17)21-16)19(23)15-10-8-14(13-20)9-11-15/h4-5,7-12H,2-3,6H2,1H3. The number of aryl methyl sites for hydroxylation is 1. The predicted octanol–water partition coefficient (Wildman–Crippen LogP) is 3.78. The number of hydrogen-bond donors (Lipinski definition) is 0. The minimum absolute atomic E-state index is 0.0400. The Bertz CT molecular complexity index is 885. The summed E-state index contributed by atoms with van der Waals surface area (Å²) in [6, 6.07) is 14.6. The van der Waals surface area contributed by atoms with Crippen molar-refractivity contribution in [1.29, 1.82) is 5.26 Å². The molecule has 0 saturated heterocycles. The number of nitrogens with zero attached hydrogens (tertiary/aromatic N) is 3. The van der Waals surface area contributed by atoms with Crippen LogP contribution in [0.25, 0.3) is 5.52 Å². The summed E-state index contributed by atoms with van der Waals surface area (Å²) in [4.78, 5) is 13.0. The molecule has 0 unspecified atom stereocenters. The molecule has 0 radical (unpaired) electrons. The quantitative estimate of drug-likeness (QED) is 0.674. The maximum Gasteiger partial charge on any atom is 0.197 e. The summed E-state index contributed by atoms with van der Waals surface area (Å²) in [7, 11) is 0. The van der Waals surface area contributed by atoms with Crippen molar-refractivity contribution in [3.8, 4) is 6.07 Å². The van der Waals surface area contributed by atoms with Crippen molar-refractivity contribution >= 4 is 11.3 Å². The van der Waals surface area contributed by atoms with Gasteiger partial charge in [0.15, 0.2) is 5.78 Å². The van der Waals surface area contributed by atoms with E-state index in [1.807, 2.05) is 24.4 Å². The van der Waals surface area contributed by atoms with Crippen LogP contribution in [0.5, 0.6) is 0 Å². The van der Waals surface area contributed by atoms with Crippen LogP contribution in [0.15, 0.2) is 48.7 Å². The van der Waals surface area contributed by atoms with Gasteiger partial charge in [-0.15, -0.1) is 0 Å². The fourth-order valence-electron chi connectivity index (χ4n) is 2.65. The van der Waals surface area contributed by atoms with Gasteiger partial charge in [-0.25, -0.2) is 4.52 Å². The van der Waals surface area contributed by atoms with Gasteiger partial charge in [0.1, 0.15) is 0 Å². The molecule has 0 amide bonds. The van der Waals surface area contributed by atoms with Crippen LogP contribution in [0.4, 0.5) is 0 Å². The topological polar surface area (TPSA) is 58.2 Å². The Morgan fingerprint density at radius 3 is 2.70 bits per heavy atom. The lowest BCUT2D eigenvalue weighted by Gasteiger charge is -2.03. The van der Waals surface area contributed by atoms with Crippen molar-refractivity contribution in [2.24, 2.45) is 0 Å². The van der Waals surface area contributed by atoms with Crippen molar-refractivity contribution in [2.45, 2.75) is 26.2 Å². The van der Waals surface area contributed by atoms with E-state index in [9.17, 15) is 4.79 Å². The first kappa shape index (κ1) is 15.0. The van der Waals surface area contributed by atoms with E-state index >= 15 is 0 Å². The number of carbonyl (C=O) groups excluding carboxylic acids is 1. The van der Waals surface area contributed by atoms with Gasteiger partial charge in [0.2, 0.25) is 0 Å². The molecule has 0 aliphatic heterocycles. The third-order valence-electron chi connectivity index (χ3n) is 3.88. The number of nitriles is 1. The molecule has 114 valence electrons. The predicted molar refractivity (Wildman–Crippen MR) is 88.4 cm³/mol. The second-order valence-electron chi connectivity index (χ2n) is 5.47. The molecule has 0 spiro atoms. The average Bonchev–Trinajstić information content (AvgIpc) is 2.97. The van der Waals surface area contributed by atoms with Gasteiger partial charge in [-0.1, -0.05) is 19.4 Å². The number of rotatable bonds is 5. The van der Waals surface area contributed by atoms with Crippen molar-refractivity contribution in [1.82, 2.24) is 9.61 Å². The van der Waals surface area contributed by atoms with E-state index < -0.39 is 0 Å². The Hall–Kier alpha value is -2.93. The summed E-state index contributed by atoms with van der Waals surface area (Å²) in [5.74, 6) is -0.0400. The van der Waals surface area contributed by atoms with E-state index in [2.05, 4.69) is 18.1 Å². The Morgan fingerprint density at radius 2 is 2.00 bits per heavy atom. The first-order valence-electron chi connectivity index (χ1n) is 7.75. The second-order valence-corrected chi connectivity index (χ2v) is 5.47. The van der Waals surface area contributed by atoms with Crippen LogP contribution in [0, 0.1) is 11.3 Å². The zero-order chi connectivity index (χ0) is 16.2. The summed E-state index contributed by atoms with van der Waals surface area (Å²) in [6.07, 6.45) is 4.70. The molecule has 3 aromatic rings. The summed E-state index contributed by atoms with van der Waals surface area (Å²) >= 11 is 0. The van der Waals surface area contributed by atoms with Crippen molar-refractivity contribution in [3.63, 3.8) is 0 Å². The minimum atomic E-state index is -0.0400. The molecular formula is C19H17N3O. The zero-order valence-electron chi connectivity index (χ0n) is 13.0. The summed E-state index contributed by atoms with van der Waals surface area (Å²) in [6.45, 7) is 2.12. The first-order valence-corrected chi connectivity index (χ1v) is 7.75. The van der Waals surface area contributed by atoms with E-state index in [0.29, 0.717) is 16.7 Å². The SMILES string of the molecule is CCCCc1nn2ccccc2c1C(=O)c1ccc(C#N)cc1. The molecule has 23 heavy (non-hydrogen) atoms. The Labute approximate surface area is 135 Å². The number of benzene rings is 1. The Kier molecular flexibility index (Phi) is 4.20. The lowest BCUT2D eigenvalue weighted by Crippen LogP contribution is -2.04. The zero-order valence-corrected chi connectivity index (χ0v) is 13.0. The van der Waals surface area contributed by atoms with Crippen LogP contribution < -0.4 is 0 Å². The number of pyridine rings is 1. The summed E-state index contributed by atoms with van der Waals surface area (Å²) < 4.78 is 1.77. The van der Waals surface area contributed by atoms with E-state index in [0.717, 1.165) is 30.5 Å². The lowest BCUT2D eigenvalue weighted by molar-refractivity contribution is 0.103. The van der Waals surface area contributed by atoms with Crippen LogP contribution >= 0.6 is 0 Å². The summed E-state index contributed by atoms with van der Waals surface area (Å²) in [5.41, 5.74) is 3.47. The molecule has 4 heteroatoms. The highest BCUT2D eigenvalue weighted by molar-refractivity contribution is 6.14. The fraction of sp³-hybridized carbons (Fsp3) is 0.211. The van der Waals surface area contributed by atoms with Gasteiger partial charge in [0.05, 0.1) is 28.4 Å². The molecule has 0 aliphatic rings. The Morgan fingerprint density at radius 1 is 1.22 bits per heavy atom. The van der Waals surface area contributed by atoms with Crippen LogP contribution in [-0.4, -0.2) is 15.4 Å². The normalized spacial score (nSPS) is 10.6. The van der Waals surface area contributed by atoms with Gasteiger partial charge in [-0.2, -0.15) is 10.4 Å². The number of hydrogen-bond acceptors (Lipinski definition) is 3. The molecule has 0 N–H and O–H groups in total. The van der Waals surface area contributed by atoms with Gasteiger partial charge in [-0.05, 0) is 49.2 Å². The number of unbranched alkanes of at least 4 members (excludes halogenated alkanes) is 1.